The first-order valence-electron chi connectivity index (χ1n) is 16.0. The molecule has 4 aliphatic heterocycles. The van der Waals surface area contributed by atoms with Crippen molar-refractivity contribution in [2.75, 3.05) is 27.5 Å². The Morgan fingerprint density at radius 3 is 2.48 bits per heavy atom. The number of nitriles is 1. The number of esters is 1. The number of likely N-dealkylation sites (N-methyl/N-ethyl adjacent to an activating group) is 1. The maximum atomic E-state index is 13.4. The molecule has 12 heteroatoms. The number of ether oxygens (including phenoxy) is 4. The normalized spacial score (nSPS) is 23.7. The smallest absolute Gasteiger partial charge is 0.308 e. The van der Waals surface area contributed by atoms with Gasteiger partial charge in [0, 0.05) is 47.8 Å². The molecular formula is C36H38N4O8. The predicted molar refractivity (Wildman–Crippen MR) is 172 cm³/mol. The minimum atomic E-state index is -0.599. The molecule has 4 aliphatic rings. The molecule has 0 spiro atoms. The Hall–Kier alpha value is -4.99. The number of fused-ring (bicyclic) bond motifs is 9. The van der Waals surface area contributed by atoms with Crippen LogP contribution in [0.5, 0.6) is 34.5 Å². The highest BCUT2D eigenvalue weighted by Crippen LogP contribution is 2.58. The second-order valence-electron chi connectivity index (χ2n) is 13.0. The van der Waals surface area contributed by atoms with Crippen LogP contribution in [-0.4, -0.2) is 77.5 Å². The monoisotopic (exact) mass is 654 g/mol. The Balaban J connectivity index is 1.39. The van der Waals surface area contributed by atoms with Crippen LogP contribution in [0.15, 0.2) is 30.3 Å². The Bertz CT molecular complexity index is 1870. The number of aryl methyl sites for hydroxylation is 1. The lowest BCUT2D eigenvalue weighted by atomic mass is 9.71. The molecule has 5 atom stereocenters. The SMILES string of the molecule is COc1c(C)cc2c(c1O)[C@@H]1[C@@H]3Cc4c(OC(C)=O)c(C)c5c(c4[C@H](CNC(=O)Cc4ccc(O)cc4)N3[C@@H](C#N)[C@H](C2)N1C)OCO5. The standard InChI is InChI=1S/C36H38N4O8/c1-17-10-21-12-24-26(14-37)40-25(31(39(24)4)29(21)32(44)33(17)45-5)13-23-30(36-35(46-16-47-36)18(2)34(23)48-19(3)41)27(40)15-38-28(43)11-20-6-8-22(42)9-7-20/h6-10,24-27,31,42,44H,11-13,15-16H2,1-5H3,(H,38,43)/t24-,25-,26-,27-,31-/m0/s1. The van der Waals surface area contributed by atoms with Crippen LogP contribution >= 0.6 is 0 Å². The lowest BCUT2D eigenvalue weighted by molar-refractivity contribution is -0.132. The highest BCUT2D eigenvalue weighted by molar-refractivity contribution is 5.79. The topological polar surface area (TPSA) is 154 Å². The number of rotatable bonds is 6. The maximum absolute atomic E-state index is 13.4. The molecule has 1 saturated heterocycles. The quantitative estimate of drug-likeness (QED) is 0.264. The zero-order chi connectivity index (χ0) is 34.0. The van der Waals surface area contributed by atoms with E-state index in [0.29, 0.717) is 47.0 Å². The van der Waals surface area contributed by atoms with Gasteiger partial charge in [0.05, 0.1) is 31.7 Å². The summed E-state index contributed by atoms with van der Waals surface area (Å²) >= 11 is 0. The highest BCUT2D eigenvalue weighted by atomic mass is 16.7. The van der Waals surface area contributed by atoms with E-state index in [0.717, 1.165) is 27.8 Å². The van der Waals surface area contributed by atoms with Gasteiger partial charge in [0.2, 0.25) is 12.7 Å². The number of carbonyl (C=O) groups excluding carboxylic acids is 2. The number of benzene rings is 3. The fourth-order valence-electron chi connectivity index (χ4n) is 8.38. The van der Waals surface area contributed by atoms with Crippen molar-refractivity contribution < 1.29 is 38.7 Å². The molecule has 0 radical (unpaired) electrons. The van der Waals surface area contributed by atoms with E-state index < -0.39 is 18.1 Å². The molecule has 7 rings (SSSR count). The number of hydrogen-bond donors (Lipinski definition) is 3. The Labute approximate surface area is 278 Å². The fourth-order valence-corrected chi connectivity index (χ4v) is 8.38. The van der Waals surface area contributed by atoms with Crippen molar-refractivity contribution in [3.05, 3.63) is 69.3 Å². The third-order valence-corrected chi connectivity index (χ3v) is 10.3. The van der Waals surface area contributed by atoms with E-state index >= 15 is 0 Å². The summed E-state index contributed by atoms with van der Waals surface area (Å²) in [5, 5.41) is 35.3. The van der Waals surface area contributed by atoms with Crippen LogP contribution in [0.1, 0.15) is 58.0 Å². The van der Waals surface area contributed by atoms with Crippen LogP contribution in [-0.2, 0) is 28.9 Å². The molecule has 0 aliphatic carbocycles. The lowest BCUT2D eigenvalue weighted by Gasteiger charge is -2.60. The van der Waals surface area contributed by atoms with E-state index in [1.165, 1.54) is 26.2 Å². The molecule has 3 aromatic carbocycles. The van der Waals surface area contributed by atoms with Gasteiger partial charge in [0.1, 0.15) is 17.5 Å². The molecule has 0 saturated carbocycles. The first-order chi connectivity index (χ1) is 23.0. The number of piperazine rings is 1. The maximum Gasteiger partial charge on any atom is 0.308 e. The van der Waals surface area contributed by atoms with Gasteiger partial charge in [-0.05, 0) is 62.6 Å². The van der Waals surface area contributed by atoms with Crippen LogP contribution in [0.25, 0.3) is 0 Å². The average molecular weight is 655 g/mol. The predicted octanol–water partition coefficient (Wildman–Crippen LogP) is 3.51. The number of aromatic hydroxyl groups is 2. The van der Waals surface area contributed by atoms with Crippen molar-refractivity contribution in [3.8, 4) is 40.6 Å². The van der Waals surface area contributed by atoms with Gasteiger partial charge in [-0.25, -0.2) is 0 Å². The van der Waals surface area contributed by atoms with Gasteiger partial charge in [-0.15, -0.1) is 0 Å². The van der Waals surface area contributed by atoms with E-state index in [1.807, 2.05) is 27.0 Å². The second-order valence-corrected chi connectivity index (χ2v) is 13.0. The summed E-state index contributed by atoms with van der Waals surface area (Å²) in [6, 6.07) is 8.95. The summed E-state index contributed by atoms with van der Waals surface area (Å²) < 4.78 is 23.5. The van der Waals surface area contributed by atoms with E-state index in [9.17, 15) is 25.1 Å². The Kier molecular flexibility index (Phi) is 7.84. The molecule has 12 nitrogen and oxygen atoms in total. The first-order valence-corrected chi connectivity index (χ1v) is 16.0. The highest BCUT2D eigenvalue weighted by Gasteiger charge is 2.56. The Morgan fingerprint density at radius 2 is 1.79 bits per heavy atom. The zero-order valence-electron chi connectivity index (χ0n) is 27.5. The van der Waals surface area contributed by atoms with Gasteiger partial charge in [0.15, 0.2) is 23.0 Å². The first kappa shape index (κ1) is 31.6. The van der Waals surface area contributed by atoms with Crippen molar-refractivity contribution in [1.82, 2.24) is 15.1 Å². The largest absolute Gasteiger partial charge is 0.508 e. The summed E-state index contributed by atoms with van der Waals surface area (Å²) in [5.41, 5.74) is 5.32. The van der Waals surface area contributed by atoms with Gasteiger partial charge < -0.3 is 34.5 Å². The van der Waals surface area contributed by atoms with Gasteiger partial charge in [-0.2, -0.15) is 5.26 Å². The molecule has 3 aromatic rings. The number of hydrogen-bond acceptors (Lipinski definition) is 11. The molecule has 0 aromatic heterocycles. The summed E-state index contributed by atoms with van der Waals surface area (Å²) in [5.74, 6) is 1.22. The molecule has 1 amide bonds. The summed E-state index contributed by atoms with van der Waals surface area (Å²) in [6.45, 7) is 5.16. The van der Waals surface area contributed by atoms with E-state index in [2.05, 4.69) is 21.2 Å². The second kappa shape index (κ2) is 11.9. The van der Waals surface area contributed by atoms with E-state index in [-0.39, 0.29) is 55.3 Å². The van der Waals surface area contributed by atoms with Crippen LogP contribution < -0.4 is 24.3 Å². The summed E-state index contributed by atoms with van der Waals surface area (Å²) in [4.78, 5) is 30.2. The van der Waals surface area contributed by atoms with Crippen molar-refractivity contribution in [1.29, 1.82) is 5.26 Å². The number of methoxy groups -OCH3 is 1. The molecule has 1 fully saturated rings. The van der Waals surface area contributed by atoms with Crippen molar-refractivity contribution in [2.45, 2.75) is 70.2 Å². The third kappa shape index (κ3) is 4.88. The molecule has 4 heterocycles. The number of carbonyl (C=O) groups is 2. The molecule has 2 bridgehead atoms. The lowest BCUT2D eigenvalue weighted by Crippen LogP contribution is -2.68. The third-order valence-electron chi connectivity index (χ3n) is 10.3. The van der Waals surface area contributed by atoms with Crippen LogP contribution in [0, 0.1) is 25.2 Å². The zero-order valence-corrected chi connectivity index (χ0v) is 27.5. The van der Waals surface area contributed by atoms with Crippen LogP contribution in [0.2, 0.25) is 0 Å². The van der Waals surface area contributed by atoms with Crippen LogP contribution in [0.4, 0.5) is 0 Å². The minimum absolute atomic E-state index is 0.0223. The summed E-state index contributed by atoms with van der Waals surface area (Å²) in [6.07, 6.45) is 0.977. The van der Waals surface area contributed by atoms with Crippen LogP contribution in [0.3, 0.4) is 0 Å². The van der Waals surface area contributed by atoms with Gasteiger partial charge in [0.25, 0.3) is 0 Å². The molecule has 3 N–H and O–H groups in total. The Morgan fingerprint density at radius 1 is 1.06 bits per heavy atom. The minimum Gasteiger partial charge on any atom is -0.508 e. The van der Waals surface area contributed by atoms with Crippen molar-refractivity contribution in [3.63, 3.8) is 0 Å². The van der Waals surface area contributed by atoms with Gasteiger partial charge in [-0.1, -0.05) is 18.2 Å². The fraction of sp³-hybridized carbons (Fsp3) is 0.417. The van der Waals surface area contributed by atoms with E-state index in [4.69, 9.17) is 18.9 Å². The molecule has 48 heavy (non-hydrogen) atoms. The summed E-state index contributed by atoms with van der Waals surface area (Å²) in [7, 11) is 3.51. The van der Waals surface area contributed by atoms with Crippen molar-refractivity contribution >= 4 is 11.9 Å². The number of phenols is 2. The average Bonchev–Trinajstić information content (AvgIpc) is 3.54. The molecule has 0 unspecified atom stereocenters. The number of nitrogens with zero attached hydrogens (tertiary/aromatic N) is 3. The molecular weight excluding hydrogens is 616 g/mol. The molecule has 250 valence electrons. The number of phenolic OH excluding ortho intramolecular Hbond substituents is 2. The van der Waals surface area contributed by atoms with Crippen molar-refractivity contribution in [2.24, 2.45) is 0 Å². The van der Waals surface area contributed by atoms with E-state index in [1.54, 1.807) is 12.1 Å². The van der Waals surface area contributed by atoms with Gasteiger partial charge >= 0.3 is 5.97 Å². The number of amides is 1. The van der Waals surface area contributed by atoms with Gasteiger partial charge in [-0.3, -0.25) is 19.4 Å². The number of nitrogens with one attached hydrogen (secondary N) is 1.